The first-order chi connectivity index (χ1) is 8.31. The van der Waals surface area contributed by atoms with Crippen molar-refractivity contribution in [2.24, 2.45) is 5.92 Å². The number of aromatic nitrogens is 2. The molecule has 1 aliphatic rings. The molecular formula is C12H19N3O2. The number of hydrogen-bond donors (Lipinski definition) is 3. The number of carbonyl (C=O) groups excluding carboxylic acids is 1. The SMILES string of the molecule is O=C(NC1CCCCCC1CO)c1ccn[nH]1. The Balaban J connectivity index is 1.97. The van der Waals surface area contributed by atoms with E-state index in [1.54, 1.807) is 12.3 Å². The van der Waals surface area contributed by atoms with Gasteiger partial charge in [-0.2, -0.15) is 5.10 Å². The van der Waals surface area contributed by atoms with Crippen LogP contribution >= 0.6 is 0 Å². The number of nitrogens with one attached hydrogen (secondary N) is 2. The lowest BCUT2D eigenvalue weighted by molar-refractivity contribution is 0.0894. The molecule has 5 nitrogen and oxygen atoms in total. The molecule has 1 fully saturated rings. The van der Waals surface area contributed by atoms with E-state index in [1.165, 1.54) is 6.42 Å². The van der Waals surface area contributed by atoms with Gasteiger partial charge in [0.25, 0.3) is 5.91 Å². The van der Waals surface area contributed by atoms with Crippen molar-refractivity contribution >= 4 is 5.91 Å². The van der Waals surface area contributed by atoms with E-state index in [-0.39, 0.29) is 24.5 Å². The Labute approximate surface area is 101 Å². The van der Waals surface area contributed by atoms with Crippen LogP contribution in [-0.2, 0) is 0 Å². The summed E-state index contributed by atoms with van der Waals surface area (Å²) in [5.74, 6) is 0.0530. The second kappa shape index (κ2) is 5.82. The Morgan fingerprint density at radius 2 is 2.29 bits per heavy atom. The van der Waals surface area contributed by atoms with Crippen molar-refractivity contribution in [1.29, 1.82) is 0 Å². The average Bonchev–Trinajstić information content (AvgIpc) is 2.78. The number of carbonyl (C=O) groups is 1. The topological polar surface area (TPSA) is 78.0 Å². The molecule has 2 rings (SSSR count). The molecule has 0 saturated heterocycles. The monoisotopic (exact) mass is 237 g/mol. The summed E-state index contributed by atoms with van der Waals surface area (Å²) in [7, 11) is 0. The summed E-state index contributed by atoms with van der Waals surface area (Å²) in [5.41, 5.74) is 0.478. The van der Waals surface area contributed by atoms with Crippen molar-refractivity contribution in [3.63, 3.8) is 0 Å². The van der Waals surface area contributed by atoms with Crippen LogP contribution in [0.25, 0.3) is 0 Å². The van der Waals surface area contributed by atoms with Gasteiger partial charge in [0.1, 0.15) is 5.69 Å². The first-order valence-corrected chi connectivity index (χ1v) is 6.22. The molecule has 0 bridgehead atoms. The summed E-state index contributed by atoms with van der Waals surface area (Å²) in [6, 6.07) is 1.73. The molecule has 2 unspecified atom stereocenters. The van der Waals surface area contributed by atoms with Gasteiger partial charge in [-0.15, -0.1) is 0 Å². The molecule has 1 heterocycles. The van der Waals surface area contributed by atoms with Gasteiger partial charge in [0.2, 0.25) is 0 Å². The van der Waals surface area contributed by atoms with Crippen LogP contribution in [0, 0.1) is 5.92 Å². The van der Waals surface area contributed by atoms with E-state index in [4.69, 9.17) is 0 Å². The predicted molar refractivity (Wildman–Crippen MR) is 63.5 cm³/mol. The first-order valence-electron chi connectivity index (χ1n) is 6.22. The second-order valence-corrected chi connectivity index (χ2v) is 4.63. The van der Waals surface area contributed by atoms with Gasteiger partial charge in [0.05, 0.1) is 0 Å². The number of amides is 1. The molecule has 1 saturated carbocycles. The molecule has 3 N–H and O–H groups in total. The Morgan fingerprint density at radius 3 is 3.00 bits per heavy atom. The maximum Gasteiger partial charge on any atom is 0.269 e. The van der Waals surface area contributed by atoms with Crippen LogP contribution in [0.2, 0.25) is 0 Å². The minimum atomic E-state index is -0.132. The van der Waals surface area contributed by atoms with E-state index in [1.807, 2.05) is 0 Å². The third kappa shape index (κ3) is 3.06. The molecule has 1 aliphatic carbocycles. The van der Waals surface area contributed by atoms with Gasteiger partial charge >= 0.3 is 0 Å². The van der Waals surface area contributed by atoms with Crippen LogP contribution in [0.1, 0.15) is 42.6 Å². The number of rotatable bonds is 3. The largest absolute Gasteiger partial charge is 0.396 e. The molecule has 5 heteroatoms. The molecule has 0 radical (unpaired) electrons. The highest BCUT2D eigenvalue weighted by molar-refractivity contribution is 5.92. The quantitative estimate of drug-likeness (QED) is 0.688. The summed E-state index contributed by atoms with van der Waals surface area (Å²) < 4.78 is 0. The fourth-order valence-corrected chi connectivity index (χ4v) is 2.42. The van der Waals surface area contributed by atoms with Crippen LogP contribution in [0.5, 0.6) is 0 Å². The fraction of sp³-hybridized carbons (Fsp3) is 0.667. The van der Waals surface area contributed by atoms with Gasteiger partial charge < -0.3 is 10.4 Å². The smallest absolute Gasteiger partial charge is 0.269 e. The van der Waals surface area contributed by atoms with Crippen LogP contribution < -0.4 is 5.32 Å². The van der Waals surface area contributed by atoms with Crippen molar-refractivity contribution in [2.45, 2.75) is 38.1 Å². The van der Waals surface area contributed by atoms with Crippen LogP contribution in [0.15, 0.2) is 12.3 Å². The third-order valence-corrected chi connectivity index (χ3v) is 3.46. The average molecular weight is 237 g/mol. The van der Waals surface area contributed by atoms with Gasteiger partial charge in [-0.05, 0) is 18.9 Å². The van der Waals surface area contributed by atoms with E-state index < -0.39 is 0 Å². The highest BCUT2D eigenvalue weighted by Gasteiger charge is 2.25. The lowest BCUT2D eigenvalue weighted by Gasteiger charge is -2.24. The summed E-state index contributed by atoms with van der Waals surface area (Å²) in [6.07, 6.45) is 6.94. The highest BCUT2D eigenvalue weighted by atomic mass is 16.3. The molecule has 1 aromatic rings. The summed E-state index contributed by atoms with van der Waals surface area (Å²) in [4.78, 5) is 11.9. The zero-order chi connectivity index (χ0) is 12.1. The first kappa shape index (κ1) is 12.1. The van der Waals surface area contributed by atoms with Gasteiger partial charge in [-0.3, -0.25) is 9.89 Å². The summed E-state index contributed by atoms with van der Waals surface area (Å²) >= 11 is 0. The Kier molecular flexibility index (Phi) is 4.14. The Bertz CT molecular complexity index is 351. The Morgan fingerprint density at radius 1 is 1.47 bits per heavy atom. The van der Waals surface area contributed by atoms with E-state index >= 15 is 0 Å². The Hall–Kier alpha value is -1.36. The lowest BCUT2D eigenvalue weighted by Crippen LogP contribution is -2.41. The molecule has 0 aromatic carbocycles. The molecule has 1 aromatic heterocycles. The maximum absolute atomic E-state index is 11.9. The van der Waals surface area contributed by atoms with E-state index in [2.05, 4.69) is 15.5 Å². The van der Waals surface area contributed by atoms with Crippen LogP contribution in [0.3, 0.4) is 0 Å². The van der Waals surface area contributed by atoms with E-state index in [0.717, 1.165) is 25.7 Å². The zero-order valence-corrected chi connectivity index (χ0v) is 9.85. The second-order valence-electron chi connectivity index (χ2n) is 4.63. The molecular weight excluding hydrogens is 218 g/mol. The van der Waals surface area contributed by atoms with Crippen molar-refractivity contribution < 1.29 is 9.90 Å². The number of aromatic amines is 1. The third-order valence-electron chi connectivity index (χ3n) is 3.46. The fourth-order valence-electron chi connectivity index (χ4n) is 2.42. The summed E-state index contributed by atoms with van der Waals surface area (Å²) in [5, 5.41) is 18.8. The van der Waals surface area contributed by atoms with E-state index in [9.17, 15) is 9.90 Å². The maximum atomic E-state index is 11.9. The van der Waals surface area contributed by atoms with Gasteiger partial charge in [-0.1, -0.05) is 19.3 Å². The minimum Gasteiger partial charge on any atom is -0.396 e. The highest BCUT2D eigenvalue weighted by Crippen LogP contribution is 2.23. The predicted octanol–water partition coefficient (Wildman–Crippen LogP) is 1.08. The van der Waals surface area contributed by atoms with Gasteiger partial charge in [-0.25, -0.2) is 0 Å². The number of hydrogen-bond acceptors (Lipinski definition) is 3. The molecule has 1 amide bonds. The zero-order valence-electron chi connectivity index (χ0n) is 9.85. The molecule has 94 valence electrons. The van der Waals surface area contributed by atoms with E-state index in [0.29, 0.717) is 5.69 Å². The lowest BCUT2D eigenvalue weighted by atomic mass is 9.95. The van der Waals surface area contributed by atoms with Crippen molar-refractivity contribution in [1.82, 2.24) is 15.5 Å². The molecule has 0 spiro atoms. The minimum absolute atomic E-state index is 0.0818. The standard InChI is InChI=1S/C12H19N3O2/c16-8-9-4-2-1-3-5-10(9)14-12(17)11-6-7-13-15-11/h6-7,9-10,16H,1-5,8H2,(H,13,15)(H,14,17). The number of aliphatic hydroxyl groups excluding tert-OH is 1. The molecule has 2 atom stereocenters. The normalized spacial score (nSPS) is 25.2. The van der Waals surface area contributed by atoms with Crippen molar-refractivity contribution in [3.8, 4) is 0 Å². The van der Waals surface area contributed by atoms with Gasteiger partial charge in [0, 0.05) is 24.8 Å². The van der Waals surface area contributed by atoms with Crippen molar-refractivity contribution in [3.05, 3.63) is 18.0 Å². The molecule has 0 aliphatic heterocycles. The number of aliphatic hydroxyl groups is 1. The summed E-state index contributed by atoms with van der Waals surface area (Å²) in [6.45, 7) is 0.147. The number of H-pyrrole nitrogens is 1. The van der Waals surface area contributed by atoms with Crippen LogP contribution in [0.4, 0.5) is 0 Å². The molecule has 17 heavy (non-hydrogen) atoms. The van der Waals surface area contributed by atoms with Crippen molar-refractivity contribution in [2.75, 3.05) is 6.61 Å². The number of nitrogens with zero attached hydrogens (tertiary/aromatic N) is 1. The van der Waals surface area contributed by atoms with Gasteiger partial charge in [0.15, 0.2) is 0 Å². The van der Waals surface area contributed by atoms with Crippen LogP contribution in [-0.4, -0.2) is 33.9 Å².